The maximum atomic E-state index is 13.5. The van der Waals surface area contributed by atoms with Crippen molar-refractivity contribution in [3.05, 3.63) is 35.6 Å². The van der Waals surface area contributed by atoms with Crippen molar-refractivity contribution < 1.29 is 13.9 Å². The van der Waals surface area contributed by atoms with Crippen LogP contribution in [0.5, 0.6) is 0 Å². The molecule has 0 aromatic heterocycles. The van der Waals surface area contributed by atoms with Crippen molar-refractivity contribution in [2.75, 3.05) is 32.8 Å². The molecule has 0 spiro atoms. The molecule has 1 aromatic carbocycles. The van der Waals surface area contributed by atoms with Crippen molar-refractivity contribution in [3.63, 3.8) is 0 Å². The van der Waals surface area contributed by atoms with Gasteiger partial charge in [0.1, 0.15) is 5.82 Å². The first-order valence-electron chi connectivity index (χ1n) is 8.51. The van der Waals surface area contributed by atoms with E-state index < -0.39 is 5.41 Å². The van der Waals surface area contributed by atoms with Gasteiger partial charge < -0.3 is 10.1 Å². The fourth-order valence-corrected chi connectivity index (χ4v) is 3.25. The number of nitrogens with zero attached hydrogens (tertiary/aromatic N) is 1. The molecule has 1 aliphatic heterocycles. The summed E-state index contributed by atoms with van der Waals surface area (Å²) in [6, 6.07) is 6.59. The molecule has 1 aromatic rings. The van der Waals surface area contributed by atoms with Crippen LogP contribution in [0.25, 0.3) is 0 Å². The Morgan fingerprint density at radius 3 is 2.74 bits per heavy atom. The van der Waals surface area contributed by atoms with Crippen LogP contribution in [0.2, 0.25) is 0 Å². The number of nitrogens with one attached hydrogen (secondary N) is 1. The second kappa shape index (κ2) is 6.97. The first-order valence-corrected chi connectivity index (χ1v) is 8.51. The number of carbonyl (C=O) groups is 1. The summed E-state index contributed by atoms with van der Waals surface area (Å²) in [5, 5.41) is 3.19. The molecule has 1 unspecified atom stereocenters. The maximum absolute atomic E-state index is 13.5. The number of carbonyl (C=O) groups excluding carboxylic acids is 1. The minimum Gasteiger partial charge on any atom is -0.379 e. The Morgan fingerprint density at radius 1 is 1.39 bits per heavy atom. The first kappa shape index (κ1) is 16.4. The normalized spacial score (nSPS) is 21.7. The van der Waals surface area contributed by atoms with Crippen LogP contribution in [-0.4, -0.2) is 49.7 Å². The highest BCUT2D eigenvalue weighted by atomic mass is 19.1. The van der Waals surface area contributed by atoms with Crippen molar-refractivity contribution in [1.29, 1.82) is 0 Å². The number of ether oxygens (including phenoxy) is 1. The number of halogens is 1. The molecule has 1 saturated heterocycles. The molecule has 3 rings (SSSR count). The quantitative estimate of drug-likeness (QED) is 0.872. The van der Waals surface area contributed by atoms with Gasteiger partial charge in [-0.25, -0.2) is 4.39 Å². The van der Waals surface area contributed by atoms with Gasteiger partial charge in [-0.1, -0.05) is 19.1 Å². The average Bonchev–Trinajstić information content (AvgIpc) is 3.37. The van der Waals surface area contributed by atoms with Crippen molar-refractivity contribution in [2.45, 2.75) is 37.6 Å². The van der Waals surface area contributed by atoms with Gasteiger partial charge in [-0.3, -0.25) is 9.69 Å². The van der Waals surface area contributed by atoms with Gasteiger partial charge in [0.25, 0.3) is 0 Å². The van der Waals surface area contributed by atoms with Crippen LogP contribution in [-0.2, 0) is 14.9 Å². The van der Waals surface area contributed by atoms with Gasteiger partial charge in [-0.2, -0.15) is 0 Å². The summed E-state index contributed by atoms with van der Waals surface area (Å²) >= 11 is 0. The summed E-state index contributed by atoms with van der Waals surface area (Å²) in [6.07, 6.45) is 2.49. The summed E-state index contributed by atoms with van der Waals surface area (Å²) in [7, 11) is 0. The van der Waals surface area contributed by atoms with Crippen LogP contribution in [0.4, 0.5) is 4.39 Å². The Bertz CT molecular complexity index is 554. The lowest BCUT2D eigenvalue weighted by Gasteiger charge is -2.31. The molecule has 23 heavy (non-hydrogen) atoms. The zero-order valence-corrected chi connectivity index (χ0v) is 13.7. The molecule has 1 atom stereocenters. The summed E-state index contributed by atoms with van der Waals surface area (Å²) in [4.78, 5) is 15.1. The van der Waals surface area contributed by atoms with E-state index in [4.69, 9.17) is 4.74 Å². The number of amides is 1. The minimum atomic E-state index is -0.513. The third-order valence-corrected chi connectivity index (χ3v) is 4.97. The van der Waals surface area contributed by atoms with E-state index in [-0.39, 0.29) is 17.8 Å². The van der Waals surface area contributed by atoms with Crippen molar-refractivity contribution >= 4 is 5.91 Å². The van der Waals surface area contributed by atoms with E-state index in [1.54, 1.807) is 6.07 Å². The van der Waals surface area contributed by atoms with Gasteiger partial charge in [-0.05, 0) is 37.0 Å². The molecule has 1 saturated carbocycles. The molecule has 1 aliphatic carbocycles. The Morgan fingerprint density at radius 2 is 2.13 bits per heavy atom. The molecule has 0 radical (unpaired) electrons. The summed E-state index contributed by atoms with van der Waals surface area (Å²) in [5.74, 6) is -0.231. The lowest BCUT2D eigenvalue weighted by molar-refractivity contribution is -0.124. The Labute approximate surface area is 137 Å². The highest BCUT2D eigenvalue weighted by Gasteiger charge is 2.51. The van der Waals surface area contributed by atoms with Crippen LogP contribution in [0.15, 0.2) is 24.3 Å². The smallest absolute Gasteiger partial charge is 0.230 e. The van der Waals surface area contributed by atoms with Gasteiger partial charge in [-0.15, -0.1) is 0 Å². The van der Waals surface area contributed by atoms with E-state index in [0.29, 0.717) is 0 Å². The zero-order chi connectivity index (χ0) is 16.3. The highest BCUT2D eigenvalue weighted by Crippen LogP contribution is 2.48. The Kier molecular flexibility index (Phi) is 4.97. The molecular weight excluding hydrogens is 295 g/mol. The van der Waals surface area contributed by atoms with Crippen LogP contribution >= 0.6 is 0 Å². The molecule has 2 aliphatic rings. The number of hydrogen-bond donors (Lipinski definition) is 1. The standard InChI is InChI=1S/C18H25FN2O2/c1-2-16(13-21-8-10-23-11-9-21)20-17(22)18(6-7-18)14-4-3-5-15(19)12-14/h3-5,12,16H,2,6-11,13H2,1H3,(H,20,22). The lowest BCUT2D eigenvalue weighted by atomic mass is 9.94. The number of morpholine rings is 1. The number of hydrogen-bond acceptors (Lipinski definition) is 3. The van der Waals surface area contributed by atoms with E-state index in [1.807, 2.05) is 6.07 Å². The fraction of sp³-hybridized carbons (Fsp3) is 0.611. The monoisotopic (exact) mass is 320 g/mol. The van der Waals surface area contributed by atoms with E-state index in [1.165, 1.54) is 12.1 Å². The second-order valence-electron chi connectivity index (χ2n) is 6.58. The minimum absolute atomic E-state index is 0.0446. The molecule has 1 amide bonds. The maximum Gasteiger partial charge on any atom is 0.230 e. The summed E-state index contributed by atoms with van der Waals surface area (Å²) in [5.41, 5.74) is 0.289. The van der Waals surface area contributed by atoms with Crippen LogP contribution in [0, 0.1) is 5.82 Å². The molecule has 126 valence electrons. The molecule has 1 N–H and O–H groups in total. The van der Waals surface area contributed by atoms with E-state index in [9.17, 15) is 9.18 Å². The number of rotatable bonds is 6. The predicted octanol–water partition coefficient (Wildman–Crippen LogP) is 2.08. The Hall–Kier alpha value is -1.46. The molecule has 4 nitrogen and oxygen atoms in total. The summed E-state index contributed by atoms with van der Waals surface area (Å²) < 4.78 is 18.8. The molecule has 0 bridgehead atoms. The van der Waals surface area contributed by atoms with Gasteiger partial charge in [0.15, 0.2) is 0 Å². The summed E-state index contributed by atoms with van der Waals surface area (Å²) in [6.45, 7) is 6.30. The van der Waals surface area contributed by atoms with Gasteiger partial charge in [0, 0.05) is 25.7 Å². The highest BCUT2D eigenvalue weighted by molar-refractivity contribution is 5.91. The Balaban J connectivity index is 1.62. The molecule has 2 fully saturated rings. The third-order valence-electron chi connectivity index (χ3n) is 4.97. The second-order valence-corrected chi connectivity index (χ2v) is 6.58. The van der Waals surface area contributed by atoms with Gasteiger partial charge in [0.2, 0.25) is 5.91 Å². The molecular formula is C18H25FN2O2. The molecule has 1 heterocycles. The van der Waals surface area contributed by atoms with Crippen LogP contribution in [0.3, 0.4) is 0 Å². The largest absolute Gasteiger partial charge is 0.379 e. The van der Waals surface area contributed by atoms with Crippen molar-refractivity contribution in [3.8, 4) is 0 Å². The van der Waals surface area contributed by atoms with Gasteiger partial charge >= 0.3 is 0 Å². The average molecular weight is 320 g/mol. The van der Waals surface area contributed by atoms with Crippen molar-refractivity contribution in [2.24, 2.45) is 0 Å². The zero-order valence-electron chi connectivity index (χ0n) is 13.7. The SMILES string of the molecule is CCC(CN1CCOCC1)NC(=O)C1(c2cccc(F)c2)CC1. The third kappa shape index (κ3) is 3.72. The number of benzene rings is 1. The topological polar surface area (TPSA) is 41.6 Å². The molecule has 5 heteroatoms. The van der Waals surface area contributed by atoms with Gasteiger partial charge in [0.05, 0.1) is 18.6 Å². The predicted molar refractivity (Wildman–Crippen MR) is 86.8 cm³/mol. The lowest BCUT2D eigenvalue weighted by Crippen LogP contribution is -2.49. The van der Waals surface area contributed by atoms with E-state index >= 15 is 0 Å². The fourth-order valence-electron chi connectivity index (χ4n) is 3.25. The first-order chi connectivity index (χ1) is 11.1. The van der Waals surface area contributed by atoms with E-state index in [2.05, 4.69) is 17.1 Å². The van der Waals surface area contributed by atoms with Crippen LogP contribution in [0.1, 0.15) is 31.7 Å². The van der Waals surface area contributed by atoms with Crippen molar-refractivity contribution in [1.82, 2.24) is 10.2 Å². The van der Waals surface area contributed by atoms with Crippen LogP contribution < -0.4 is 5.32 Å². The van der Waals surface area contributed by atoms with E-state index in [0.717, 1.165) is 57.7 Å².